The molecule has 0 unspecified atom stereocenters. The van der Waals surface area contributed by atoms with Gasteiger partial charge < -0.3 is 4.74 Å². The van der Waals surface area contributed by atoms with Crippen molar-refractivity contribution in [2.75, 3.05) is 32.7 Å². The van der Waals surface area contributed by atoms with Gasteiger partial charge in [-0.2, -0.15) is 0 Å². The molecule has 0 bridgehead atoms. The van der Waals surface area contributed by atoms with Crippen molar-refractivity contribution in [2.45, 2.75) is 13.3 Å². The van der Waals surface area contributed by atoms with Crippen molar-refractivity contribution >= 4 is 27.9 Å². The summed E-state index contributed by atoms with van der Waals surface area (Å²) < 4.78 is 67.5. The first-order valence-electron chi connectivity index (χ1n) is 12.0. The molecule has 0 amide bonds. The van der Waals surface area contributed by atoms with Gasteiger partial charge in [0.1, 0.15) is 0 Å². The van der Waals surface area contributed by atoms with Crippen LogP contribution in [0.3, 0.4) is 0 Å². The molecule has 4 rings (SSSR count). The molecule has 1 aromatic carbocycles. The molecular formula is C20H21N3O2S. The lowest BCUT2D eigenvalue weighted by Gasteiger charge is -2.25. The Morgan fingerprint density at radius 3 is 2.85 bits per heavy atom. The van der Waals surface area contributed by atoms with E-state index in [4.69, 9.17) is 11.0 Å². The van der Waals surface area contributed by atoms with E-state index in [9.17, 15) is 4.79 Å². The number of pyridine rings is 1. The number of thiazole rings is 1. The van der Waals surface area contributed by atoms with Crippen molar-refractivity contribution in [1.82, 2.24) is 14.9 Å². The normalized spacial score (nSPS) is 27.7. The standard InChI is InChI=1S/C20H21N3O2S/c1-14-21-12-20(26-14)15-2-3-16-11-22-18(9-17(16)8-15)10-19(24)13-23-4-6-25-7-5-23/h2-3,8-9,11-12H,4-7,10,13H2,1H3/i4D2,5D2,6D2,7D2. The molecule has 3 heterocycles. The Balaban J connectivity index is 1.58. The Morgan fingerprint density at radius 1 is 1.23 bits per heavy atom. The summed E-state index contributed by atoms with van der Waals surface area (Å²) in [5.41, 5.74) is 1.33. The maximum Gasteiger partial charge on any atom is 0.152 e. The summed E-state index contributed by atoms with van der Waals surface area (Å²) in [7, 11) is 0. The number of ketones is 1. The summed E-state index contributed by atoms with van der Waals surface area (Å²) >= 11 is 1.55. The van der Waals surface area contributed by atoms with Gasteiger partial charge in [0.05, 0.1) is 41.5 Å². The van der Waals surface area contributed by atoms with Crippen molar-refractivity contribution in [3.8, 4) is 10.4 Å². The molecule has 0 radical (unpaired) electrons. The Kier molecular flexibility index (Phi) is 3.00. The van der Waals surface area contributed by atoms with Crippen LogP contribution in [-0.2, 0) is 16.0 Å². The second kappa shape index (κ2) is 7.61. The van der Waals surface area contributed by atoms with Crippen LogP contribution in [0.1, 0.15) is 21.7 Å². The molecule has 0 aliphatic carbocycles. The molecule has 1 fully saturated rings. The van der Waals surface area contributed by atoms with Gasteiger partial charge in [-0.25, -0.2) is 4.98 Å². The Bertz CT molecular complexity index is 1240. The number of ether oxygens (including phenoxy) is 1. The molecule has 0 N–H and O–H groups in total. The molecule has 0 saturated carbocycles. The van der Waals surface area contributed by atoms with Gasteiger partial charge in [-0.05, 0) is 30.0 Å². The van der Waals surface area contributed by atoms with Gasteiger partial charge in [0, 0.05) is 42.0 Å². The number of carbonyl (C=O) groups excluding carboxylic acids is 1. The average molecular weight is 376 g/mol. The van der Waals surface area contributed by atoms with Gasteiger partial charge in [-0.1, -0.05) is 12.1 Å². The molecule has 0 atom stereocenters. The van der Waals surface area contributed by atoms with Crippen LogP contribution in [0.2, 0.25) is 0 Å². The maximum atomic E-state index is 12.8. The quantitative estimate of drug-likeness (QED) is 0.686. The van der Waals surface area contributed by atoms with Gasteiger partial charge in [-0.3, -0.25) is 14.7 Å². The largest absolute Gasteiger partial charge is 0.379 e. The number of hydrogen-bond acceptors (Lipinski definition) is 6. The fraction of sp³-hybridized carbons (Fsp3) is 0.350. The van der Waals surface area contributed by atoms with Gasteiger partial charge in [0.2, 0.25) is 0 Å². The number of Topliss-reactive ketones (excluding diaryl/α,β-unsaturated/α-hetero) is 1. The van der Waals surface area contributed by atoms with E-state index in [1.807, 2.05) is 25.1 Å². The predicted octanol–water partition coefficient (Wildman–Crippen LogP) is 3.11. The highest BCUT2D eigenvalue weighted by molar-refractivity contribution is 7.15. The Labute approximate surface area is 167 Å². The molecular weight excluding hydrogens is 346 g/mol. The van der Waals surface area contributed by atoms with Gasteiger partial charge in [0.15, 0.2) is 5.78 Å². The monoisotopic (exact) mass is 375 g/mol. The minimum atomic E-state index is -3.19. The third-order valence-corrected chi connectivity index (χ3v) is 4.82. The minimum Gasteiger partial charge on any atom is -0.379 e. The second-order valence-corrected chi connectivity index (χ2v) is 7.05. The summed E-state index contributed by atoms with van der Waals surface area (Å²) in [6, 6.07) is 7.51. The molecule has 3 aromatic rings. The van der Waals surface area contributed by atoms with Crippen molar-refractivity contribution < 1.29 is 20.5 Å². The number of aromatic nitrogens is 2. The molecule has 1 aliphatic heterocycles. The van der Waals surface area contributed by atoms with Crippen molar-refractivity contribution in [2.24, 2.45) is 0 Å². The van der Waals surface area contributed by atoms with Crippen LogP contribution in [0, 0.1) is 6.92 Å². The summed E-state index contributed by atoms with van der Waals surface area (Å²) in [6.07, 6.45) is 3.12. The summed E-state index contributed by atoms with van der Waals surface area (Å²) in [4.78, 5) is 22.6. The average Bonchev–Trinajstić information content (AvgIpc) is 3.16. The van der Waals surface area contributed by atoms with E-state index in [1.165, 1.54) is 0 Å². The van der Waals surface area contributed by atoms with E-state index in [0.29, 0.717) is 5.69 Å². The first kappa shape index (κ1) is 10.3. The summed E-state index contributed by atoms with van der Waals surface area (Å²) in [5.74, 6) is -0.651. The maximum absolute atomic E-state index is 12.8. The number of hydrogen-bond donors (Lipinski definition) is 0. The molecule has 1 saturated heterocycles. The van der Waals surface area contributed by atoms with Crippen molar-refractivity contribution in [3.05, 3.63) is 47.4 Å². The van der Waals surface area contributed by atoms with E-state index in [1.54, 1.807) is 29.8 Å². The first-order chi connectivity index (χ1) is 15.6. The SMILES string of the molecule is [2H]C1([2H])OC([2H])([2H])C([2H])([2H])N(CC(=O)Cc2cc3cc(-c4cnc(C)s4)ccc3cn2)C1([2H])[2H]. The second-order valence-electron chi connectivity index (χ2n) is 5.81. The number of rotatable bonds is 5. The zero-order chi connectivity index (χ0) is 25.1. The van der Waals surface area contributed by atoms with Gasteiger partial charge in [-0.15, -0.1) is 11.3 Å². The fourth-order valence-corrected chi connectivity index (χ4v) is 3.43. The van der Waals surface area contributed by atoms with Crippen LogP contribution in [-0.4, -0.2) is 53.3 Å². The number of morpholine rings is 1. The minimum absolute atomic E-state index is 0.247. The molecule has 5 nitrogen and oxygen atoms in total. The molecule has 1 aliphatic rings. The zero-order valence-corrected chi connectivity index (χ0v) is 14.8. The topological polar surface area (TPSA) is 55.3 Å². The van der Waals surface area contributed by atoms with Crippen LogP contribution in [0.5, 0.6) is 0 Å². The summed E-state index contributed by atoms with van der Waals surface area (Å²) in [6.45, 7) is -11.5. The highest BCUT2D eigenvalue weighted by Crippen LogP contribution is 2.28. The summed E-state index contributed by atoms with van der Waals surface area (Å²) in [5, 5.41) is 2.61. The Hall–Kier alpha value is -2.15. The lowest BCUT2D eigenvalue weighted by Crippen LogP contribution is -2.39. The van der Waals surface area contributed by atoms with E-state index in [0.717, 1.165) is 26.2 Å². The molecule has 6 heteroatoms. The smallest absolute Gasteiger partial charge is 0.152 e. The predicted molar refractivity (Wildman–Crippen MR) is 104 cm³/mol. The number of aryl methyl sites for hydroxylation is 1. The third-order valence-electron chi connectivity index (χ3n) is 3.86. The van der Waals surface area contributed by atoms with E-state index in [2.05, 4.69) is 14.7 Å². The van der Waals surface area contributed by atoms with Crippen molar-refractivity contribution in [3.63, 3.8) is 0 Å². The molecule has 2 aromatic heterocycles. The van der Waals surface area contributed by atoms with E-state index >= 15 is 0 Å². The van der Waals surface area contributed by atoms with E-state index in [-0.39, 0.29) is 11.3 Å². The van der Waals surface area contributed by atoms with E-state index < -0.39 is 38.4 Å². The van der Waals surface area contributed by atoms with Gasteiger partial charge >= 0.3 is 0 Å². The molecule has 0 spiro atoms. The van der Waals surface area contributed by atoms with Crippen LogP contribution < -0.4 is 0 Å². The molecule has 134 valence electrons. The lowest BCUT2D eigenvalue weighted by atomic mass is 10.1. The van der Waals surface area contributed by atoms with Crippen LogP contribution in [0.15, 0.2) is 36.7 Å². The lowest BCUT2D eigenvalue weighted by molar-refractivity contribution is -0.120. The first-order valence-corrected chi connectivity index (χ1v) is 8.77. The zero-order valence-electron chi connectivity index (χ0n) is 21.9. The van der Waals surface area contributed by atoms with Crippen molar-refractivity contribution in [1.29, 1.82) is 0 Å². The van der Waals surface area contributed by atoms with Crippen LogP contribution in [0.4, 0.5) is 0 Å². The van der Waals surface area contributed by atoms with Gasteiger partial charge in [0.25, 0.3) is 0 Å². The highest BCUT2D eigenvalue weighted by atomic mass is 32.1. The van der Waals surface area contributed by atoms with Crippen LogP contribution >= 0.6 is 11.3 Å². The number of benzene rings is 1. The van der Waals surface area contributed by atoms with Crippen LogP contribution in [0.25, 0.3) is 21.2 Å². The third kappa shape index (κ3) is 3.98. The number of carbonyl (C=O) groups is 1. The Morgan fingerprint density at radius 2 is 2.08 bits per heavy atom. The number of fused-ring (bicyclic) bond motifs is 1. The molecule has 26 heavy (non-hydrogen) atoms. The highest BCUT2D eigenvalue weighted by Gasteiger charge is 2.15. The number of nitrogens with zero attached hydrogens (tertiary/aromatic N) is 3. The fourth-order valence-electron chi connectivity index (χ4n) is 2.65.